The van der Waals surface area contributed by atoms with Gasteiger partial charge in [-0.05, 0) is 19.0 Å². The summed E-state index contributed by atoms with van der Waals surface area (Å²) in [4.78, 5) is 8.84. The quantitative estimate of drug-likeness (QED) is 0.798. The van der Waals surface area contributed by atoms with Gasteiger partial charge in [0.1, 0.15) is 0 Å². The zero-order valence-corrected chi connectivity index (χ0v) is 10.1. The standard InChI is InChI=1S/C14H17N3/c1-2-9-15-11-13-8-10-16-14(17-13)12-6-4-3-5-7-12/h3-8,10,15H,2,9,11H2,1H3. The molecular formula is C14H17N3. The van der Waals surface area contributed by atoms with Gasteiger partial charge in [-0.2, -0.15) is 0 Å². The minimum absolute atomic E-state index is 0.793. The Labute approximate surface area is 102 Å². The average Bonchev–Trinajstić information content (AvgIpc) is 2.41. The first-order chi connectivity index (χ1) is 8.40. The monoisotopic (exact) mass is 227 g/mol. The number of aromatic nitrogens is 2. The molecule has 0 amide bonds. The van der Waals surface area contributed by atoms with Crippen LogP contribution in [0, 0.1) is 0 Å². The van der Waals surface area contributed by atoms with E-state index in [1.165, 1.54) is 0 Å². The molecule has 0 saturated carbocycles. The Hall–Kier alpha value is -1.74. The molecule has 88 valence electrons. The van der Waals surface area contributed by atoms with Gasteiger partial charge in [0, 0.05) is 18.3 Å². The third kappa shape index (κ3) is 3.36. The summed E-state index contributed by atoms with van der Waals surface area (Å²) in [6.07, 6.45) is 2.95. The maximum Gasteiger partial charge on any atom is 0.159 e. The summed E-state index contributed by atoms with van der Waals surface area (Å²) >= 11 is 0. The van der Waals surface area contributed by atoms with Gasteiger partial charge in [0.15, 0.2) is 5.82 Å². The molecule has 0 bridgehead atoms. The second kappa shape index (κ2) is 6.11. The van der Waals surface area contributed by atoms with Gasteiger partial charge in [-0.3, -0.25) is 0 Å². The van der Waals surface area contributed by atoms with Crippen molar-refractivity contribution in [1.29, 1.82) is 0 Å². The molecule has 1 aromatic heterocycles. The van der Waals surface area contributed by atoms with Crippen LogP contribution < -0.4 is 5.32 Å². The Kier molecular flexibility index (Phi) is 4.22. The molecule has 0 spiro atoms. The van der Waals surface area contributed by atoms with Crippen molar-refractivity contribution in [1.82, 2.24) is 15.3 Å². The molecule has 0 saturated heterocycles. The van der Waals surface area contributed by atoms with Crippen molar-refractivity contribution >= 4 is 0 Å². The molecule has 0 unspecified atom stereocenters. The number of nitrogens with zero attached hydrogens (tertiary/aromatic N) is 2. The fourth-order valence-corrected chi connectivity index (χ4v) is 1.61. The van der Waals surface area contributed by atoms with Crippen LogP contribution in [0.4, 0.5) is 0 Å². The van der Waals surface area contributed by atoms with Crippen LogP contribution in [-0.4, -0.2) is 16.5 Å². The highest BCUT2D eigenvalue weighted by atomic mass is 14.9. The van der Waals surface area contributed by atoms with Gasteiger partial charge in [0.25, 0.3) is 0 Å². The van der Waals surface area contributed by atoms with E-state index < -0.39 is 0 Å². The molecule has 0 aliphatic heterocycles. The van der Waals surface area contributed by atoms with Crippen molar-refractivity contribution in [2.75, 3.05) is 6.54 Å². The van der Waals surface area contributed by atoms with Gasteiger partial charge in [0.2, 0.25) is 0 Å². The maximum absolute atomic E-state index is 4.54. The smallest absolute Gasteiger partial charge is 0.159 e. The molecule has 0 aliphatic rings. The molecule has 3 nitrogen and oxygen atoms in total. The van der Waals surface area contributed by atoms with Gasteiger partial charge in [-0.1, -0.05) is 37.3 Å². The van der Waals surface area contributed by atoms with E-state index in [0.717, 1.165) is 36.6 Å². The summed E-state index contributed by atoms with van der Waals surface area (Å²) in [6.45, 7) is 3.98. The average molecular weight is 227 g/mol. The number of nitrogens with one attached hydrogen (secondary N) is 1. The largest absolute Gasteiger partial charge is 0.311 e. The summed E-state index contributed by atoms with van der Waals surface area (Å²) < 4.78 is 0. The van der Waals surface area contributed by atoms with E-state index in [1.54, 1.807) is 0 Å². The van der Waals surface area contributed by atoms with E-state index in [0.29, 0.717) is 0 Å². The normalized spacial score (nSPS) is 10.4. The lowest BCUT2D eigenvalue weighted by molar-refractivity contribution is 0.663. The first-order valence-electron chi connectivity index (χ1n) is 5.98. The zero-order chi connectivity index (χ0) is 11.9. The van der Waals surface area contributed by atoms with Gasteiger partial charge in [-0.25, -0.2) is 9.97 Å². The van der Waals surface area contributed by atoms with Gasteiger partial charge < -0.3 is 5.32 Å². The third-order valence-electron chi connectivity index (χ3n) is 2.48. The van der Waals surface area contributed by atoms with Crippen molar-refractivity contribution in [3.8, 4) is 11.4 Å². The zero-order valence-electron chi connectivity index (χ0n) is 10.1. The predicted molar refractivity (Wildman–Crippen MR) is 69.5 cm³/mol. The van der Waals surface area contributed by atoms with Crippen LogP contribution in [0.1, 0.15) is 19.0 Å². The summed E-state index contributed by atoms with van der Waals surface area (Å²) in [5.74, 6) is 0.793. The second-order valence-corrected chi connectivity index (χ2v) is 3.91. The molecule has 0 aliphatic carbocycles. The minimum atomic E-state index is 0.793. The maximum atomic E-state index is 4.54. The number of hydrogen-bond donors (Lipinski definition) is 1. The van der Waals surface area contributed by atoms with Crippen molar-refractivity contribution in [3.63, 3.8) is 0 Å². The number of benzene rings is 1. The Bertz CT molecular complexity index is 454. The van der Waals surface area contributed by atoms with E-state index >= 15 is 0 Å². The summed E-state index contributed by atoms with van der Waals surface area (Å²) in [5, 5.41) is 3.34. The van der Waals surface area contributed by atoms with Crippen LogP contribution >= 0.6 is 0 Å². The van der Waals surface area contributed by atoms with E-state index in [4.69, 9.17) is 0 Å². The summed E-state index contributed by atoms with van der Waals surface area (Å²) in [6, 6.07) is 12.0. The van der Waals surface area contributed by atoms with Crippen LogP contribution in [0.25, 0.3) is 11.4 Å². The molecule has 0 atom stereocenters. The van der Waals surface area contributed by atoms with E-state index in [2.05, 4.69) is 22.2 Å². The molecule has 17 heavy (non-hydrogen) atoms. The third-order valence-corrected chi connectivity index (χ3v) is 2.48. The molecule has 1 aromatic carbocycles. The highest BCUT2D eigenvalue weighted by Crippen LogP contribution is 2.13. The molecular weight excluding hydrogens is 210 g/mol. The number of hydrogen-bond acceptors (Lipinski definition) is 3. The van der Waals surface area contributed by atoms with Crippen molar-refractivity contribution < 1.29 is 0 Å². The predicted octanol–water partition coefficient (Wildman–Crippen LogP) is 2.64. The lowest BCUT2D eigenvalue weighted by Gasteiger charge is -2.04. The van der Waals surface area contributed by atoms with E-state index in [-0.39, 0.29) is 0 Å². The molecule has 2 aromatic rings. The van der Waals surface area contributed by atoms with Crippen LogP contribution in [0.5, 0.6) is 0 Å². The van der Waals surface area contributed by atoms with Gasteiger partial charge in [0.05, 0.1) is 5.69 Å². The Morgan fingerprint density at radius 3 is 2.71 bits per heavy atom. The molecule has 0 radical (unpaired) electrons. The molecule has 1 N–H and O–H groups in total. The van der Waals surface area contributed by atoms with Gasteiger partial charge in [-0.15, -0.1) is 0 Å². The SMILES string of the molecule is CCCNCc1ccnc(-c2ccccc2)n1. The summed E-state index contributed by atoms with van der Waals surface area (Å²) in [5.41, 5.74) is 2.09. The molecule has 1 heterocycles. The van der Waals surface area contributed by atoms with Crippen molar-refractivity contribution in [3.05, 3.63) is 48.3 Å². The van der Waals surface area contributed by atoms with Crippen molar-refractivity contribution in [2.45, 2.75) is 19.9 Å². The first kappa shape index (κ1) is 11.7. The van der Waals surface area contributed by atoms with Crippen LogP contribution in [-0.2, 0) is 6.54 Å². The fourth-order valence-electron chi connectivity index (χ4n) is 1.61. The van der Waals surface area contributed by atoms with E-state index in [9.17, 15) is 0 Å². The van der Waals surface area contributed by atoms with Crippen LogP contribution in [0.2, 0.25) is 0 Å². The van der Waals surface area contributed by atoms with Crippen LogP contribution in [0.3, 0.4) is 0 Å². The van der Waals surface area contributed by atoms with Crippen molar-refractivity contribution in [2.24, 2.45) is 0 Å². The second-order valence-electron chi connectivity index (χ2n) is 3.91. The Morgan fingerprint density at radius 1 is 1.12 bits per heavy atom. The fraction of sp³-hybridized carbons (Fsp3) is 0.286. The topological polar surface area (TPSA) is 37.8 Å². The first-order valence-corrected chi connectivity index (χ1v) is 5.98. The van der Waals surface area contributed by atoms with Crippen LogP contribution in [0.15, 0.2) is 42.6 Å². The van der Waals surface area contributed by atoms with E-state index in [1.807, 2.05) is 42.6 Å². The Balaban J connectivity index is 2.12. The molecule has 3 heteroatoms. The lowest BCUT2D eigenvalue weighted by atomic mass is 10.2. The highest BCUT2D eigenvalue weighted by Gasteiger charge is 2.01. The molecule has 0 fully saturated rings. The minimum Gasteiger partial charge on any atom is -0.311 e. The molecule has 2 rings (SSSR count). The van der Waals surface area contributed by atoms with Gasteiger partial charge >= 0.3 is 0 Å². The number of rotatable bonds is 5. The Morgan fingerprint density at radius 2 is 1.94 bits per heavy atom. The summed E-state index contributed by atoms with van der Waals surface area (Å²) in [7, 11) is 0. The lowest BCUT2D eigenvalue weighted by Crippen LogP contribution is -2.15. The highest BCUT2D eigenvalue weighted by molar-refractivity contribution is 5.54.